The number of hydrogen-bond acceptors (Lipinski definition) is 4. The van der Waals surface area contributed by atoms with E-state index in [0.29, 0.717) is 24.2 Å². The monoisotopic (exact) mass is 436 g/mol. The van der Waals surface area contributed by atoms with Crippen LogP contribution in [0.5, 0.6) is 0 Å². The van der Waals surface area contributed by atoms with Gasteiger partial charge >= 0.3 is 0 Å². The molecule has 2 saturated heterocycles. The number of piperazine rings is 2. The van der Waals surface area contributed by atoms with Gasteiger partial charge in [-0.05, 0) is 103 Å². The van der Waals surface area contributed by atoms with Gasteiger partial charge in [-0.25, -0.2) is 0 Å². The summed E-state index contributed by atoms with van der Waals surface area (Å²) in [4.78, 5) is 11.2. The first-order valence-electron chi connectivity index (χ1n) is 12.8. The Kier molecular flexibility index (Phi) is 7.77. The first kappa shape index (κ1) is 27.1. The third-order valence-electron chi connectivity index (χ3n) is 7.62. The van der Waals surface area contributed by atoms with Crippen molar-refractivity contribution in [3.8, 4) is 0 Å². The molecule has 0 bridgehead atoms. The Morgan fingerprint density at radius 3 is 1.45 bits per heavy atom. The van der Waals surface area contributed by atoms with Crippen LogP contribution in [0.1, 0.15) is 103 Å². The van der Waals surface area contributed by atoms with Gasteiger partial charge in [0.1, 0.15) is 0 Å². The van der Waals surface area contributed by atoms with Gasteiger partial charge in [0.05, 0.1) is 0 Å². The van der Waals surface area contributed by atoms with Crippen LogP contribution in [0.3, 0.4) is 0 Å². The van der Waals surface area contributed by atoms with E-state index in [4.69, 9.17) is 0 Å². The maximum atomic E-state index is 2.84. The quantitative estimate of drug-likeness (QED) is 0.581. The van der Waals surface area contributed by atoms with Crippen LogP contribution in [0.25, 0.3) is 0 Å². The summed E-state index contributed by atoms with van der Waals surface area (Å²) in [5, 5.41) is 0. The van der Waals surface area contributed by atoms with Gasteiger partial charge in [0.2, 0.25) is 0 Å². The maximum absolute atomic E-state index is 2.84. The van der Waals surface area contributed by atoms with Crippen molar-refractivity contribution in [2.24, 2.45) is 0 Å². The van der Waals surface area contributed by atoms with Gasteiger partial charge in [0.15, 0.2) is 0 Å². The average molecular weight is 437 g/mol. The van der Waals surface area contributed by atoms with E-state index in [9.17, 15) is 0 Å². The van der Waals surface area contributed by atoms with E-state index in [0.717, 1.165) is 13.1 Å². The van der Waals surface area contributed by atoms with Crippen molar-refractivity contribution in [3.05, 3.63) is 0 Å². The largest absolute Gasteiger partial charge is 0.295 e. The van der Waals surface area contributed by atoms with E-state index in [-0.39, 0.29) is 22.2 Å². The SMILES string of the molecule is CC1CN(C(C)(C)C)C(CC2CN(C(C)(C)C)CC(C)N2C(C)(C)C)CN1C(C)(C)C. The number of hydrogen-bond donors (Lipinski definition) is 0. The van der Waals surface area contributed by atoms with E-state index in [1.165, 1.54) is 19.5 Å². The van der Waals surface area contributed by atoms with Gasteiger partial charge in [-0.15, -0.1) is 0 Å². The number of nitrogens with zero attached hydrogens (tertiary/aromatic N) is 4. The molecule has 0 aliphatic carbocycles. The van der Waals surface area contributed by atoms with Crippen LogP contribution in [-0.2, 0) is 0 Å². The van der Waals surface area contributed by atoms with Crippen LogP contribution >= 0.6 is 0 Å². The van der Waals surface area contributed by atoms with E-state index in [1.54, 1.807) is 0 Å². The topological polar surface area (TPSA) is 13.0 Å². The highest BCUT2D eigenvalue weighted by atomic mass is 15.4. The fourth-order valence-corrected chi connectivity index (χ4v) is 6.44. The lowest BCUT2D eigenvalue weighted by molar-refractivity contribution is -0.0927. The van der Waals surface area contributed by atoms with Crippen LogP contribution in [-0.4, -0.2) is 92.1 Å². The minimum absolute atomic E-state index is 0.187. The zero-order valence-corrected chi connectivity index (χ0v) is 23.6. The zero-order valence-electron chi connectivity index (χ0n) is 23.6. The molecule has 0 aromatic heterocycles. The second-order valence-corrected chi connectivity index (χ2v) is 14.5. The smallest absolute Gasteiger partial charge is 0.0247 e. The van der Waals surface area contributed by atoms with Crippen LogP contribution in [0.15, 0.2) is 0 Å². The van der Waals surface area contributed by atoms with Crippen LogP contribution < -0.4 is 0 Å². The molecule has 0 aromatic carbocycles. The summed E-state index contributed by atoms with van der Waals surface area (Å²) < 4.78 is 0. The minimum Gasteiger partial charge on any atom is -0.295 e. The molecule has 31 heavy (non-hydrogen) atoms. The Bertz CT molecular complexity index is 586. The molecule has 0 amide bonds. The molecule has 0 aromatic rings. The summed E-state index contributed by atoms with van der Waals surface area (Å²) >= 11 is 0. The molecule has 4 heteroatoms. The highest BCUT2D eigenvalue weighted by Crippen LogP contribution is 2.35. The Hall–Kier alpha value is -0.160. The van der Waals surface area contributed by atoms with Gasteiger partial charge in [-0.3, -0.25) is 19.6 Å². The molecule has 2 aliphatic heterocycles. The van der Waals surface area contributed by atoms with Gasteiger partial charge in [-0.1, -0.05) is 0 Å². The summed E-state index contributed by atoms with van der Waals surface area (Å²) in [7, 11) is 0. The molecule has 0 spiro atoms. The van der Waals surface area contributed by atoms with Gasteiger partial charge in [-0.2, -0.15) is 0 Å². The van der Waals surface area contributed by atoms with Gasteiger partial charge < -0.3 is 0 Å². The van der Waals surface area contributed by atoms with Crippen molar-refractivity contribution >= 4 is 0 Å². The van der Waals surface area contributed by atoms with E-state index in [2.05, 4.69) is 117 Å². The highest BCUT2D eigenvalue weighted by molar-refractivity contribution is 5.02. The molecule has 0 radical (unpaired) electrons. The third kappa shape index (κ3) is 6.46. The van der Waals surface area contributed by atoms with Crippen molar-refractivity contribution in [2.45, 2.75) is 150 Å². The average Bonchev–Trinajstić information content (AvgIpc) is 2.51. The fraction of sp³-hybridized carbons (Fsp3) is 1.00. The Labute approximate surface area is 195 Å². The van der Waals surface area contributed by atoms with E-state index < -0.39 is 0 Å². The lowest BCUT2D eigenvalue weighted by Crippen LogP contribution is -2.70. The normalized spacial score (nSPS) is 31.9. The molecular weight excluding hydrogens is 380 g/mol. The first-order valence-corrected chi connectivity index (χ1v) is 12.8. The second kappa shape index (κ2) is 8.89. The molecule has 2 rings (SSSR count). The molecular formula is C27H56N4. The molecule has 0 saturated carbocycles. The van der Waals surface area contributed by atoms with Crippen molar-refractivity contribution in [2.75, 3.05) is 26.2 Å². The Morgan fingerprint density at radius 1 is 0.516 bits per heavy atom. The summed E-state index contributed by atoms with van der Waals surface area (Å²) in [6.45, 7) is 38.3. The van der Waals surface area contributed by atoms with Crippen LogP contribution in [0.4, 0.5) is 0 Å². The molecule has 2 fully saturated rings. The third-order valence-corrected chi connectivity index (χ3v) is 7.62. The van der Waals surface area contributed by atoms with Gasteiger partial charge in [0, 0.05) is 72.5 Å². The standard InChI is InChI=1S/C27H56N4/c1-20-17-30(26(9,10)11)22(19-29(20)25(6,7)8)15-23-18-28(24(3,4)5)16-21(2)31(23)27(12,13)14/h20-23H,15-19H2,1-14H3. The summed E-state index contributed by atoms with van der Waals surface area (Å²) in [5.74, 6) is 0. The van der Waals surface area contributed by atoms with Gasteiger partial charge in [0.25, 0.3) is 0 Å². The molecule has 2 heterocycles. The minimum atomic E-state index is 0.187. The predicted molar refractivity (Wildman–Crippen MR) is 137 cm³/mol. The summed E-state index contributed by atoms with van der Waals surface area (Å²) in [6, 6.07) is 2.32. The van der Waals surface area contributed by atoms with Crippen molar-refractivity contribution in [3.63, 3.8) is 0 Å². The van der Waals surface area contributed by atoms with Crippen molar-refractivity contribution in [1.29, 1.82) is 0 Å². The van der Waals surface area contributed by atoms with E-state index >= 15 is 0 Å². The highest BCUT2D eigenvalue weighted by Gasteiger charge is 2.46. The maximum Gasteiger partial charge on any atom is 0.0247 e. The predicted octanol–water partition coefficient (Wildman–Crippen LogP) is 5.32. The molecule has 2 aliphatic rings. The summed E-state index contributed by atoms with van der Waals surface area (Å²) in [6.07, 6.45) is 1.24. The zero-order chi connectivity index (χ0) is 24.2. The fourth-order valence-electron chi connectivity index (χ4n) is 6.44. The first-order chi connectivity index (χ1) is 13.7. The molecule has 0 N–H and O–H groups in total. The van der Waals surface area contributed by atoms with Crippen LogP contribution in [0.2, 0.25) is 0 Å². The molecule has 4 atom stereocenters. The lowest BCUT2D eigenvalue weighted by atomic mass is 9.86. The second-order valence-electron chi connectivity index (χ2n) is 14.5. The summed E-state index contributed by atoms with van der Waals surface area (Å²) in [5.41, 5.74) is 0.813. The van der Waals surface area contributed by atoms with Crippen molar-refractivity contribution in [1.82, 2.24) is 19.6 Å². The Morgan fingerprint density at radius 2 is 1.03 bits per heavy atom. The van der Waals surface area contributed by atoms with E-state index in [1.807, 2.05) is 0 Å². The Balaban J connectivity index is 2.39. The molecule has 4 unspecified atom stereocenters. The molecule has 4 nitrogen and oxygen atoms in total. The van der Waals surface area contributed by atoms with Crippen LogP contribution in [0, 0.1) is 0 Å². The van der Waals surface area contributed by atoms with Crippen molar-refractivity contribution < 1.29 is 0 Å². The molecule has 184 valence electrons. The lowest BCUT2D eigenvalue weighted by Gasteiger charge is -2.58. The number of rotatable bonds is 2.